The molecule has 0 fully saturated rings. The van der Waals surface area contributed by atoms with Crippen LogP contribution >= 0.6 is 11.8 Å². The summed E-state index contributed by atoms with van der Waals surface area (Å²) < 4.78 is 0. The average molecular weight is 285 g/mol. The Hall–Kier alpha value is -1.81. The van der Waals surface area contributed by atoms with Gasteiger partial charge in [0.15, 0.2) is 0 Å². The molecular weight excluding hydrogens is 266 g/mol. The van der Waals surface area contributed by atoms with Crippen molar-refractivity contribution >= 4 is 17.6 Å². The van der Waals surface area contributed by atoms with E-state index < -0.39 is 0 Å². The van der Waals surface area contributed by atoms with E-state index in [4.69, 9.17) is 11.1 Å². The second-order valence-corrected chi connectivity index (χ2v) is 6.14. The van der Waals surface area contributed by atoms with Crippen LogP contribution < -0.4 is 5.73 Å². The van der Waals surface area contributed by atoms with Crippen LogP contribution in [-0.2, 0) is 0 Å². The van der Waals surface area contributed by atoms with Gasteiger partial charge in [0.2, 0.25) is 0 Å². The number of nitrogens with two attached hydrogens (primary N) is 1. The highest BCUT2D eigenvalue weighted by Gasteiger charge is 2.04. The highest BCUT2D eigenvalue weighted by molar-refractivity contribution is 7.99. The van der Waals surface area contributed by atoms with Crippen LogP contribution in [0.2, 0.25) is 0 Å². The number of amidine groups is 1. The van der Waals surface area contributed by atoms with Crippen LogP contribution in [-0.4, -0.2) is 16.6 Å². The molecule has 0 aliphatic rings. The molecule has 2 rings (SSSR count). The molecule has 4 heteroatoms. The van der Waals surface area contributed by atoms with Gasteiger partial charge in [-0.1, -0.05) is 32.0 Å². The summed E-state index contributed by atoms with van der Waals surface area (Å²) in [5.41, 5.74) is 7.87. The molecule has 0 spiro atoms. The second kappa shape index (κ2) is 6.57. The largest absolute Gasteiger partial charge is 0.382 e. The van der Waals surface area contributed by atoms with Crippen LogP contribution in [0.4, 0.5) is 0 Å². The number of nitrogen functional groups attached to an aromatic ring is 1. The fourth-order valence-corrected chi connectivity index (χ4v) is 2.58. The van der Waals surface area contributed by atoms with E-state index in [1.807, 2.05) is 23.9 Å². The molecule has 20 heavy (non-hydrogen) atoms. The monoisotopic (exact) mass is 285 g/mol. The predicted octanol–water partition coefficient (Wildman–Crippen LogP) is 3.78. The minimum Gasteiger partial charge on any atom is -0.382 e. The first-order valence-corrected chi connectivity index (χ1v) is 7.59. The number of rotatable bonds is 5. The van der Waals surface area contributed by atoms with Gasteiger partial charge in [0, 0.05) is 16.2 Å². The van der Waals surface area contributed by atoms with Crippen LogP contribution in [0.15, 0.2) is 47.4 Å². The van der Waals surface area contributed by atoms with Crippen LogP contribution in [0.25, 0.3) is 11.3 Å². The number of hydrogen-bond acceptors (Lipinski definition) is 3. The molecule has 0 saturated heterocycles. The van der Waals surface area contributed by atoms with Gasteiger partial charge in [0.25, 0.3) is 0 Å². The highest BCUT2D eigenvalue weighted by atomic mass is 32.2. The van der Waals surface area contributed by atoms with Crippen molar-refractivity contribution in [3.05, 3.63) is 48.2 Å². The maximum Gasteiger partial charge on any atom is 0.141 e. The lowest BCUT2D eigenvalue weighted by Crippen LogP contribution is -2.13. The summed E-state index contributed by atoms with van der Waals surface area (Å²) in [6.07, 6.45) is 0. The number of aromatic nitrogens is 1. The van der Waals surface area contributed by atoms with Crippen molar-refractivity contribution in [2.75, 3.05) is 5.75 Å². The smallest absolute Gasteiger partial charge is 0.141 e. The van der Waals surface area contributed by atoms with E-state index in [-0.39, 0.29) is 5.84 Å². The van der Waals surface area contributed by atoms with Crippen molar-refractivity contribution in [3.8, 4) is 11.3 Å². The Bertz CT molecular complexity index is 591. The number of nitrogens with one attached hydrogen (secondary N) is 1. The van der Waals surface area contributed by atoms with E-state index in [0.29, 0.717) is 11.6 Å². The number of thioether (sulfide) groups is 1. The molecule has 3 N–H and O–H groups in total. The van der Waals surface area contributed by atoms with Gasteiger partial charge >= 0.3 is 0 Å². The lowest BCUT2D eigenvalue weighted by atomic mass is 10.1. The minimum atomic E-state index is -0.00374. The summed E-state index contributed by atoms with van der Waals surface area (Å²) in [5, 5.41) is 7.44. The summed E-state index contributed by atoms with van der Waals surface area (Å²) >= 11 is 1.87. The molecule has 0 radical (unpaired) electrons. The van der Waals surface area contributed by atoms with E-state index in [0.717, 1.165) is 17.0 Å². The highest BCUT2D eigenvalue weighted by Crippen LogP contribution is 2.24. The predicted molar refractivity (Wildman–Crippen MR) is 86.3 cm³/mol. The third-order valence-corrected chi connectivity index (χ3v) is 4.20. The zero-order valence-corrected chi connectivity index (χ0v) is 12.6. The number of benzene rings is 1. The van der Waals surface area contributed by atoms with Gasteiger partial charge in [0.1, 0.15) is 11.5 Å². The van der Waals surface area contributed by atoms with Gasteiger partial charge in [-0.3, -0.25) is 5.41 Å². The summed E-state index contributed by atoms with van der Waals surface area (Å²) in [6.45, 7) is 4.44. The molecule has 0 aliphatic heterocycles. The SMILES string of the molecule is CC(C)CSc1ccc(-c2cccc(C(=N)N)n2)cc1. The molecule has 104 valence electrons. The first kappa shape index (κ1) is 14.6. The molecule has 2 aromatic rings. The van der Waals surface area contributed by atoms with Crippen molar-refractivity contribution in [3.63, 3.8) is 0 Å². The van der Waals surface area contributed by atoms with E-state index >= 15 is 0 Å². The Morgan fingerprint density at radius 1 is 1.20 bits per heavy atom. The van der Waals surface area contributed by atoms with Gasteiger partial charge in [-0.2, -0.15) is 0 Å². The number of hydrogen-bond donors (Lipinski definition) is 2. The fraction of sp³-hybridized carbons (Fsp3) is 0.250. The molecule has 3 nitrogen and oxygen atoms in total. The van der Waals surface area contributed by atoms with Crippen molar-refractivity contribution in [1.29, 1.82) is 5.41 Å². The zero-order chi connectivity index (χ0) is 14.5. The summed E-state index contributed by atoms with van der Waals surface area (Å²) in [7, 11) is 0. The molecule has 0 atom stereocenters. The van der Waals surface area contributed by atoms with E-state index in [1.54, 1.807) is 6.07 Å². The maximum absolute atomic E-state index is 7.44. The van der Waals surface area contributed by atoms with E-state index in [2.05, 4.69) is 43.1 Å². The zero-order valence-electron chi connectivity index (χ0n) is 11.8. The molecule has 0 saturated carbocycles. The van der Waals surface area contributed by atoms with E-state index in [9.17, 15) is 0 Å². The van der Waals surface area contributed by atoms with Gasteiger partial charge in [-0.05, 0) is 30.2 Å². The maximum atomic E-state index is 7.44. The molecule has 0 amide bonds. The molecule has 0 aliphatic carbocycles. The van der Waals surface area contributed by atoms with Crippen LogP contribution in [0.5, 0.6) is 0 Å². The van der Waals surface area contributed by atoms with Crippen molar-refractivity contribution < 1.29 is 0 Å². The summed E-state index contributed by atoms with van der Waals surface area (Å²) in [4.78, 5) is 5.66. The van der Waals surface area contributed by atoms with Crippen molar-refractivity contribution in [1.82, 2.24) is 4.98 Å². The summed E-state index contributed by atoms with van der Waals surface area (Å²) in [5.74, 6) is 1.81. The first-order valence-electron chi connectivity index (χ1n) is 6.61. The number of nitrogens with zero attached hydrogens (tertiary/aromatic N) is 1. The van der Waals surface area contributed by atoms with Crippen LogP contribution in [0.1, 0.15) is 19.5 Å². The van der Waals surface area contributed by atoms with Crippen LogP contribution in [0.3, 0.4) is 0 Å². The fourth-order valence-electron chi connectivity index (χ4n) is 1.73. The Morgan fingerprint density at radius 3 is 2.50 bits per heavy atom. The average Bonchev–Trinajstić information content (AvgIpc) is 2.46. The lowest BCUT2D eigenvalue weighted by molar-refractivity contribution is 0.750. The standard InChI is InChI=1S/C16H19N3S/c1-11(2)10-20-13-8-6-12(7-9-13)14-4-3-5-15(19-14)16(17)18/h3-9,11H,10H2,1-2H3,(H3,17,18). The van der Waals surface area contributed by atoms with E-state index in [1.165, 1.54) is 4.90 Å². The third-order valence-electron chi connectivity index (χ3n) is 2.76. The Balaban J connectivity index is 2.17. The number of pyridine rings is 1. The minimum absolute atomic E-state index is 0.00374. The quantitative estimate of drug-likeness (QED) is 0.499. The van der Waals surface area contributed by atoms with Crippen molar-refractivity contribution in [2.45, 2.75) is 18.7 Å². The third kappa shape index (κ3) is 3.84. The van der Waals surface area contributed by atoms with Crippen LogP contribution in [0, 0.1) is 11.3 Å². The Labute approximate surface area is 124 Å². The Morgan fingerprint density at radius 2 is 1.90 bits per heavy atom. The second-order valence-electron chi connectivity index (χ2n) is 5.05. The Kier molecular flexibility index (Phi) is 4.79. The molecule has 0 unspecified atom stereocenters. The molecule has 1 aromatic carbocycles. The van der Waals surface area contributed by atoms with Crippen molar-refractivity contribution in [2.24, 2.45) is 11.7 Å². The molecular formula is C16H19N3S. The molecule has 1 heterocycles. The van der Waals surface area contributed by atoms with Gasteiger partial charge in [0.05, 0.1) is 5.69 Å². The topological polar surface area (TPSA) is 62.8 Å². The van der Waals surface area contributed by atoms with Gasteiger partial charge in [-0.25, -0.2) is 4.98 Å². The molecule has 1 aromatic heterocycles. The van der Waals surface area contributed by atoms with Gasteiger partial charge < -0.3 is 5.73 Å². The molecule has 0 bridgehead atoms. The van der Waals surface area contributed by atoms with Gasteiger partial charge in [-0.15, -0.1) is 11.8 Å². The first-order chi connectivity index (χ1) is 9.56. The normalized spacial score (nSPS) is 10.8. The lowest BCUT2D eigenvalue weighted by Gasteiger charge is -2.07. The summed E-state index contributed by atoms with van der Waals surface area (Å²) in [6, 6.07) is 13.9.